The Bertz CT molecular complexity index is 1260. The minimum absolute atomic E-state index is 0.0232. The molecule has 2 N–H and O–H groups in total. The number of amides is 1. The van der Waals surface area contributed by atoms with Crippen LogP contribution in [0.25, 0.3) is 10.9 Å². The molecule has 1 amide bonds. The molecule has 0 bridgehead atoms. The molecule has 2 fully saturated rings. The molecule has 9 nitrogen and oxygen atoms in total. The second-order valence-corrected chi connectivity index (χ2v) is 9.60. The van der Waals surface area contributed by atoms with Gasteiger partial charge in [0.15, 0.2) is 17.3 Å². The van der Waals surface area contributed by atoms with E-state index in [1.807, 2.05) is 11.0 Å². The molecule has 196 valence electrons. The lowest BCUT2D eigenvalue weighted by atomic mass is 10.1. The van der Waals surface area contributed by atoms with Gasteiger partial charge in [-0.3, -0.25) is 9.69 Å². The number of anilines is 2. The SMILES string of the molecule is COc1cc2ncnc(Nc3cccc(Cl)c3F)c2cc1OC1CCN(CC(=O)N2CCNCC2)CC1. The Hall–Kier alpha value is -3.21. The molecular formula is C26H30ClFN6O3. The lowest BCUT2D eigenvalue weighted by molar-refractivity contribution is -0.133. The van der Waals surface area contributed by atoms with E-state index in [-0.39, 0.29) is 22.7 Å². The van der Waals surface area contributed by atoms with Crippen LogP contribution in [-0.2, 0) is 4.79 Å². The van der Waals surface area contributed by atoms with Crippen LogP contribution >= 0.6 is 11.6 Å². The molecule has 3 aromatic rings. The van der Waals surface area contributed by atoms with Crippen LogP contribution in [0.4, 0.5) is 15.9 Å². The second-order valence-electron chi connectivity index (χ2n) is 9.19. The number of piperidine rings is 1. The summed E-state index contributed by atoms with van der Waals surface area (Å²) in [6.45, 7) is 5.25. The van der Waals surface area contributed by atoms with Crippen LogP contribution in [0.3, 0.4) is 0 Å². The van der Waals surface area contributed by atoms with Crippen LogP contribution in [0.5, 0.6) is 11.5 Å². The number of hydrogen-bond acceptors (Lipinski definition) is 8. The summed E-state index contributed by atoms with van der Waals surface area (Å²) in [4.78, 5) is 25.4. The molecule has 0 saturated carbocycles. The van der Waals surface area contributed by atoms with Crippen molar-refractivity contribution in [3.63, 3.8) is 0 Å². The molecule has 2 aromatic carbocycles. The zero-order valence-corrected chi connectivity index (χ0v) is 21.4. The highest BCUT2D eigenvalue weighted by Crippen LogP contribution is 2.36. The Morgan fingerprint density at radius 1 is 1.16 bits per heavy atom. The first-order valence-corrected chi connectivity index (χ1v) is 12.8. The number of aromatic nitrogens is 2. The molecule has 37 heavy (non-hydrogen) atoms. The third-order valence-electron chi connectivity index (χ3n) is 6.78. The predicted molar refractivity (Wildman–Crippen MR) is 140 cm³/mol. The van der Waals surface area contributed by atoms with Gasteiger partial charge in [-0.1, -0.05) is 17.7 Å². The number of benzene rings is 2. The minimum Gasteiger partial charge on any atom is -0.493 e. The summed E-state index contributed by atoms with van der Waals surface area (Å²) >= 11 is 5.94. The van der Waals surface area contributed by atoms with Crippen molar-refractivity contribution < 1.29 is 18.7 Å². The lowest BCUT2D eigenvalue weighted by Gasteiger charge is -2.34. The Kier molecular flexibility index (Phi) is 7.87. The van der Waals surface area contributed by atoms with Crippen LogP contribution in [-0.4, -0.2) is 84.7 Å². The van der Waals surface area contributed by atoms with E-state index in [1.54, 1.807) is 25.3 Å². The Balaban J connectivity index is 1.28. The van der Waals surface area contributed by atoms with E-state index in [9.17, 15) is 9.18 Å². The summed E-state index contributed by atoms with van der Waals surface area (Å²) in [7, 11) is 1.58. The highest BCUT2D eigenvalue weighted by molar-refractivity contribution is 6.31. The number of piperazine rings is 1. The minimum atomic E-state index is -0.553. The van der Waals surface area contributed by atoms with Gasteiger partial charge >= 0.3 is 0 Å². The first kappa shape index (κ1) is 25.4. The van der Waals surface area contributed by atoms with Crippen LogP contribution in [0, 0.1) is 5.82 Å². The summed E-state index contributed by atoms with van der Waals surface area (Å²) in [6, 6.07) is 8.35. The third kappa shape index (κ3) is 5.87. The average molecular weight is 529 g/mol. The standard InChI is InChI=1S/C26H30ClFN6O3/c1-36-22-14-21-18(26(31-16-30-21)32-20-4-2-3-19(27)25(20)28)13-23(22)37-17-5-9-33(10-6-17)15-24(35)34-11-7-29-8-12-34/h2-4,13-14,16-17,29H,5-12,15H2,1H3,(H,30,31,32). The van der Waals surface area contributed by atoms with Crippen molar-refractivity contribution >= 4 is 39.9 Å². The average Bonchev–Trinajstić information content (AvgIpc) is 2.92. The first-order chi connectivity index (χ1) is 18.0. The molecule has 2 saturated heterocycles. The molecule has 0 unspecified atom stereocenters. The summed E-state index contributed by atoms with van der Waals surface area (Å²) < 4.78 is 26.4. The van der Waals surface area contributed by atoms with Gasteiger partial charge < -0.3 is 25.0 Å². The van der Waals surface area contributed by atoms with Gasteiger partial charge in [0.05, 0.1) is 29.9 Å². The first-order valence-electron chi connectivity index (χ1n) is 12.4. The van der Waals surface area contributed by atoms with Crippen molar-refractivity contribution in [2.45, 2.75) is 18.9 Å². The maximum Gasteiger partial charge on any atom is 0.236 e. The van der Waals surface area contributed by atoms with Gasteiger partial charge in [-0.05, 0) is 31.0 Å². The van der Waals surface area contributed by atoms with Crippen molar-refractivity contribution in [3.05, 3.63) is 47.5 Å². The molecule has 0 atom stereocenters. The zero-order valence-electron chi connectivity index (χ0n) is 20.7. The van der Waals surface area contributed by atoms with Gasteiger partial charge in [0.25, 0.3) is 0 Å². The van der Waals surface area contributed by atoms with Gasteiger partial charge in [-0.25, -0.2) is 14.4 Å². The van der Waals surface area contributed by atoms with Gasteiger partial charge in [-0.15, -0.1) is 0 Å². The second kappa shape index (κ2) is 11.5. The molecule has 1 aromatic heterocycles. The van der Waals surface area contributed by atoms with Crippen LogP contribution in [0.2, 0.25) is 5.02 Å². The van der Waals surface area contributed by atoms with E-state index in [4.69, 9.17) is 21.1 Å². The number of hydrogen-bond donors (Lipinski definition) is 2. The highest BCUT2D eigenvalue weighted by atomic mass is 35.5. The van der Waals surface area contributed by atoms with Crippen LogP contribution in [0.1, 0.15) is 12.8 Å². The van der Waals surface area contributed by atoms with E-state index in [2.05, 4.69) is 25.5 Å². The number of rotatable bonds is 7. The fraction of sp³-hybridized carbons (Fsp3) is 0.423. The van der Waals surface area contributed by atoms with E-state index in [0.717, 1.165) is 52.1 Å². The molecule has 0 aliphatic carbocycles. The third-order valence-corrected chi connectivity index (χ3v) is 7.07. The molecule has 11 heteroatoms. The molecule has 3 heterocycles. The van der Waals surface area contributed by atoms with Crippen molar-refractivity contribution in [1.82, 2.24) is 25.1 Å². The van der Waals surface area contributed by atoms with Gasteiger partial charge in [0, 0.05) is 50.7 Å². The fourth-order valence-corrected chi connectivity index (χ4v) is 4.89. The summed E-state index contributed by atoms with van der Waals surface area (Å²) in [5.41, 5.74) is 0.846. The number of nitrogens with zero attached hydrogens (tertiary/aromatic N) is 4. The number of carbonyl (C=O) groups excluding carboxylic acids is 1. The number of halogens is 2. The number of ether oxygens (including phenoxy) is 2. The smallest absolute Gasteiger partial charge is 0.236 e. The maximum absolute atomic E-state index is 14.5. The molecular weight excluding hydrogens is 499 g/mol. The van der Waals surface area contributed by atoms with Crippen LogP contribution in [0.15, 0.2) is 36.7 Å². The van der Waals surface area contributed by atoms with Crippen molar-refractivity contribution in [2.75, 3.05) is 58.2 Å². The van der Waals surface area contributed by atoms with Gasteiger partial charge in [0.1, 0.15) is 18.2 Å². The quantitative estimate of drug-likeness (QED) is 0.482. The molecule has 2 aliphatic rings. The Morgan fingerprint density at radius 2 is 1.95 bits per heavy atom. The molecule has 5 rings (SSSR count). The van der Waals surface area contributed by atoms with Gasteiger partial charge in [-0.2, -0.15) is 0 Å². The highest BCUT2D eigenvalue weighted by Gasteiger charge is 2.26. The van der Waals surface area contributed by atoms with E-state index in [1.165, 1.54) is 12.4 Å². The normalized spacial score (nSPS) is 17.1. The monoisotopic (exact) mass is 528 g/mol. The van der Waals surface area contributed by atoms with Crippen molar-refractivity contribution in [1.29, 1.82) is 0 Å². The topological polar surface area (TPSA) is 91.9 Å². The summed E-state index contributed by atoms with van der Waals surface area (Å²) in [5.74, 6) is 1.19. The number of fused-ring (bicyclic) bond motifs is 1. The zero-order chi connectivity index (χ0) is 25.8. The Morgan fingerprint density at radius 3 is 2.70 bits per heavy atom. The largest absolute Gasteiger partial charge is 0.493 e. The molecule has 0 radical (unpaired) electrons. The van der Waals surface area contributed by atoms with Crippen LogP contribution < -0.4 is 20.1 Å². The fourth-order valence-electron chi connectivity index (χ4n) is 4.71. The summed E-state index contributed by atoms with van der Waals surface area (Å²) in [6.07, 6.45) is 2.97. The number of carbonyl (C=O) groups is 1. The number of nitrogens with one attached hydrogen (secondary N) is 2. The lowest BCUT2D eigenvalue weighted by Crippen LogP contribution is -2.50. The van der Waals surface area contributed by atoms with E-state index in [0.29, 0.717) is 34.8 Å². The predicted octanol–water partition coefficient (Wildman–Crippen LogP) is 3.45. The van der Waals surface area contributed by atoms with Crippen molar-refractivity contribution in [3.8, 4) is 11.5 Å². The number of methoxy groups -OCH3 is 1. The number of likely N-dealkylation sites (tertiary alicyclic amines) is 1. The van der Waals surface area contributed by atoms with Gasteiger partial charge in [0.2, 0.25) is 5.91 Å². The van der Waals surface area contributed by atoms with E-state index >= 15 is 0 Å². The molecule has 2 aliphatic heterocycles. The maximum atomic E-state index is 14.5. The summed E-state index contributed by atoms with van der Waals surface area (Å²) in [5, 5.41) is 6.98. The molecule has 0 spiro atoms. The Labute approximate surface area is 219 Å². The van der Waals surface area contributed by atoms with E-state index < -0.39 is 5.82 Å². The van der Waals surface area contributed by atoms with Crippen molar-refractivity contribution in [2.24, 2.45) is 0 Å².